The van der Waals surface area contributed by atoms with E-state index < -0.39 is 0 Å². The van der Waals surface area contributed by atoms with Gasteiger partial charge in [0, 0.05) is 12.1 Å². The largest absolute Gasteiger partial charge is 0.310 e. The van der Waals surface area contributed by atoms with Crippen molar-refractivity contribution >= 4 is 0 Å². The molecular weight excluding hydrogens is 170 g/mol. The average Bonchev–Trinajstić information content (AvgIpc) is 2.59. The quantitative estimate of drug-likeness (QED) is 0.729. The van der Waals surface area contributed by atoms with Crippen LogP contribution in [0.5, 0.6) is 0 Å². The lowest BCUT2D eigenvalue weighted by Crippen LogP contribution is -2.36. The van der Waals surface area contributed by atoms with Crippen molar-refractivity contribution in [2.75, 3.05) is 0 Å². The van der Waals surface area contributed by atoms with Crippen LogP contribution in [0.1, 0.15) is 53.4 Å². The highest BCUT2D eigenvalue weighted by molar-refractivity contribution is 5.08. The van der Waals surface area contributed by atoms with E-state index in [1.54, 1.807) is 0 Å². The summed E-state index contributed by atoms with van der Waals surface area (Å²) < 4.78 is 0. The zero-order chi connectivity index (χ0) is 10.3. The minimum absolute atomic E-state index is 0.600. The van der Waals surface area contributed by atoms with Gasteiger partial charge >= 0.3 is 0 Å². The molecule has 4 atom stereocenters. The van der Waals surface area contributed by atoms with Crippen molar-refractivity contribution in [3.05, 3.63) is 0 Å². The Kier molecular flexibility index (Phi) is 2.63. The van der Waals surface area contributed by atoms with E-state index in [2.05, 4.69) is 33.0 Å². The fourth-order valence-electron chi connectivity index (χ4n) is 2.92. The maximum Gasteiger partial charge on any atom is 0.0132 e. The summed E-state index contributed by atoms with van der Waals surface area (Å²) in [6, 6.07) is 1.63. The molecule has 0 aromatic rings. The lowest BCUT2D eigenvalue weighted by molar-refractivity contribution is 0.331. The number of rotatable bonds is 3. The van der Waals surface area contributed by atoms with Gasteiger partial charge in [-0.25, -0.2) is 0 Å². The van der Waals surface area contributed by atoms with Crippen LogP contribution in [-0.2, 0) is 0 Å². The molecule has 0 radical (unpaired) electrons. The highest BCUT2D eigenvalue weighted by Gasteiger charge is 2.52. The summed E-state index contributed by atoms with van der Waals surface area (Å²) in [5, 5.41) is 3.87. The second kappa shape index (κ2) is 3.52. The first-order valence-corrected chi connectivity index (χ1v) is 6.30. The fourth-order valence-corrected chi connectivity index (χ4v) is 2.92. The molecule has 2 rings (SSSR count). The van der Waals surface area contributed by atoms with Gasteiger partial charge in [0.25, 0.3) is 0 Å². The second-order valence-electron chi connectivity index (χ2n) is 6.10. The highest BCUT2D eigenvalue weighted by atomic mass is 15.0. The average molecular weight is 195 g/mol. The van der Waals surface area contributed by atoms with E-state index in [-0.39, 0.29) is 0 Å². The SMILES string of the molecule is CC1CCCC1NC1CC1(C)C(C)C. The predicted molar refractivity (Wildman–Crippen MR) is 61.3 cm³/mol. The second-order valence-corrected chi connectivity index (χ2v) is 6.10. The molecule has 0 amide bonds. The standard InChI is InChI=1S/C13H25N/c1-9(2)13(4)8-12(13)14-11-7-5-6-10(11)3/h9-12,14H,5-8H2,1-4H3. The van der Waals surface area contributed by atoms with Crippen LogP contribution in [0, 0.1) is 17.3 Å². The van der Waals surface area contributed by atoms with Crippen LogP contribution in [0.3, 0.4) is 0 Å². The minimum atomic E-state index is 0.600. The molecule has 0 heterocycles. The van der Waals surface area contributed by atoms with Gasteiger partial charge in [-0.1, -0.05) is 34.1 Å². The van der Waals surface area contributed by atoms with Crippen molar-refractivity contribution in [2.24, 2.45) is 17.3 Å². The number of hydrogen-bond donors (Lipinski definition) is 1. The predicted octanol–water partition coefficient (Wildman–Crippen LogP) is 3.20. The molecule has 1 N–H and O–H groups in total. The molecular formula is C13H25N. The van der Waals surface area contributed by atoms with E-state index in [9.17, 15) is 0 Å². The Hall–Kier alpha value is -0.0400. The normalized spacial score (nSPS) is 47.4. The molecule has 0 aromatic carbocycles. The van der Waals surface area contributed by atoms with Gasteiger partial charge in [-0.05, 0) is 36.5 Å². The van der Waals surface area contributed by atoms with Gasteiger partial charge in [-0.2, -0.15) is 0 Å². The maximum atomic E-state index is 3.87. The molecule has 2 aliphatic rings. The summed E-state index contributed by atoms with van der Waals surface area (Å²) in [6.45, 7) is 9.56. The lowest BCUT2D eigenvalue weighted by Gasteiger charge is -2.21. The molecule has 1 heteroatoms. The molecule has 0 aliphatic heterocycles. The Bertz CT molecular complexity index is 211. The van der Waals surface area contributed by atoms with Gasteiger partial charge in [0.05, 0.1) is 0 Å². The fraction of sp³-hybridized carbons (Fsp3) is 1.00. The molecule has 1 nitrogen and oxygen atoms in total. The molecule has 2 aliphatic carbocycles. The Morgan fingerprint density at radius 3 is 2.43 bits per heavy atom. The molecule has 0 saturated heterocycles. The van der Waals surface area contributed by atoms with E-state index in [1.807, 2.05) is 0 Å². The molecule has 0 spiro atoms. The Morgan fingerprint density at radius 2 is 2.00 bits per heavy atom. The maximum absolute atomic E-state index is 3.87. The van der Waals surface area contributed by atoms with Crippen LogP contribution in [0.2, 0.25) is 0 Å². The summed E-state index contributed by atoms with van der Waals surface area (Å²) >= 11 is 0. The van der Waals surface area contributed by atoms with Gasteiger partial charge in [-0.3, -0.25) is 0 Å². The van der Waals surface area contributed by atoms with Gasteiger partial charge in [0.2, 0.25) is 0 Å². The van der Waals surface area contributed by atoms with Crippen LogP contribution in [0.4, 0.5) is 0 Å². The summed E-state index contributed by atoms with van der Waals surface area (Å²) in [5.74, 6) is 1.74. The van der Waals surface area contributed by atoms with Crippen molar-refractivity contribution in [1.29, 1.82) is 0 Å². The summed E-state index contributed by atoms with van der Waals surface area (Å²) in [6.07, 6.45) is 5.67. The van der Waals surface area contributed by atoms with Crippen molar-refractivity contribution in [2.45, 2.75) is 65.5 Å². The smallest absolute Gasteiger partial charge is 0.0132 e. The third-order valence-electron chi connectivity index (χ3n) is 4.88. The molecule has 14 heavy (non-hydrogen) atoms. The molecule has 0 bridgehead atoms. The third kappa shape index (κ3) is 1.71. The van der Waals surface area contributed by atoms with E-state index in [0.29, 0.717) is 5.41 Å². The zero-order valence-electron chi connectivity index (χ0n) is 10.1. The zero-order valence-corrected chi connectivity index (χ0v) is 10.1. The third-order valence-corrected chi connectivity index (χ3v) is 4.88. The van der Waals surface area contributed by atoms with Gasteiger partial charge in [-0.15, -0.1) is 0 Å². The Morgan fingerprint density at radius 1 is 1.29 bits per heavy atom. The van der Waals surface area contributed by atoms with Crippen LogP contribution < -0.4 is 5.32 Å². The number of nitrogens with one attached hydrogen (secondary N) is 1. The molecule has 4 unspecified atom stereocenters. The summed E-state index contributed by atoms with van der Waals surface area (Å²) in [5.41, 5.74) is 0.600. The van der Waals surface area contributed by atoms with Crippen molar-refractivity contribution in [3.8, 4) is 0 Å². The molecule has 2 fully saturated rings. The van der Waals surface area contributed by atoms with Crippen molar-refractivity contribution < 1.29 is 0 Å². The molecule has 0 aromatic heterocycles. The Labute approximate surface area is 88.7 Å². The van der Waals surface area contributed by atoms with Crippen LogP contribution in [0.25, 0.3) is 0 Å². The minimum Gasteiger partial charge on any atom is -0.310 e. The Balaban J connectivity index is 1.83. The van der Waals surface area contributed by atoms with Crippen LogP contribution in [-0.4, -0.2) is 12.1 Å². The molecule has 2 saturated carbocycles. The van der Waals surface area contributed by atoms with Gasteiger partial charge in [0.15, 0.2) is 0 Å². The first-order chi connectivity index (χ1) is 6.54. The topological polar surface area (TPSA) is 12.0 Å². The number of hydrogen-bond acceptors (Lipinski definition) is 1. The van der Waals surface area contributed by atoms with Crippen LogP contribution in [0.15, 0.2) is 0 Å². The van der Waals surface area contributed by atoms with Crippen LogP contribution >= 0.6 is 0 Å². The van der Waals surface area contributed by atoms with E-state index >= 15 is 0 Å². The first kappa shape index (κ1) is 10.5. The van der Waals surface area contributed by atoms with Gasteiger partial charge in [0.1, 0.15) is 0 Å². The van der Waals surface area contributed by atoms with E-state index in [4.69, 9.17) is 0 Å². The highest BCUT2D eigenvalue weighted by Crippen LogP contribution is 2.52. The molecule has 82 valence electrons. The van der Waals surface area contributed by atoms with Crippen molar-refractivity contribution in [1.82, 2.24) is 5.32 Å². The lowest BCUT2D eigenvalue weighted by atomic mass is 9.93. The van der Waals surface area contributed by atoms with Gasteiger partial charge < -0.3 is 5.32 Å². The van der Waals surface area contributed by atoms with E-state index in [0.717, 1.165) is 23.9 Å². The first-order valence-electron chi connectivity index (χ1n) is 6.30. The van der Waals surface area contributed by atoms with E-state index in [1.165, 1.54) is 25.7 Å². The summed E-state index contributed by atoms with van der Waals surface area (Å²) in [7, 11) is 0. The van der Waals surface area contributed by atoms with Crippen molar-refractivity contribution in [3.63, 3.8) is 0 Å². The summed E-state index contributed by atoms with van der Waals surface area (Å²) in [4.78, 5) is 0. The monoisotopic (exact) mass is 195 g/mol.